The van der Waals surface area contributed by atoms with Crippen molar-refractivity contribution in [3.05, 3.63) is 34.7 Å². The third-order valence-corrected chi connectivity index (χ3v) is 5.73. The quantitative estimate of drug-likeness (QED) is 0.303. The Hall–Kier alpha value is -3.23. The predicted octanol–water partition coefficient (Wildman–Crippen LogP) is 1.87. The minimum Gasteiger partial charge on any atom is -0.462 e. The zero-order valence-corrected chi connectivity index (χ0v) is 18.0. The Morgan fingerprint density at radius 1 is 1.13 bits per heavy atom. The van der Waals surface area contributed by atoms with Crippen LogP contribution in [0.3, 0.4) is 0 Å². The van der Waals surface area contributed by atoms with Gasteiger partial charge in [-0.15, -0.1) is 0 Å². The number of allylic oxidation sites excluding steroid dienone is 2. The maximum absolute atomic E-state index is 12.8. The highest BCUT2D eigenvalue weighted by Gasteiger charge is 2.48. The normalized spacial score (nSPS) is 21.1. The average Bonchev–Trinajstić information content (AvgIpc) is 3.16. The molecule has 1 aromatic rings. The van der Waals surface area contributed by atoms with E-state index in [4.69, 9.17) is 9.47 Å². The highest BCUT2D eigenvalue weighted by Crippen LogP contribution is 2.34. The molecule has 1 aromatic heterocycles. The average molecular weight is 430 g/mol. The van der Waals surface area contributed by atoms with Gasteiger partial charge in [-0.05, 0) is 46.1 Å². The second kappa shape index (κ2) is 8.87. The summed E-state index contributed by atoms with van der Waals surface area (Å²) in [6, 6.07) is 0. The molecule has 1 fully saturated rings. The van der Waals surface area contributed by atoms with Crippen molar-refractivity contribution in [3.8, 4) is 0 Å². The molecule has 1 saturated heterocycles. The molecule has 0 aromatic carbocycles. The number of hydrogen-bond acceptors (Lipinski definition) is 7. The van der Waals surface area contributed by atoms with Gasteiger partial charge < -0.3 is 14.5 Å². The second-order valence-electron chi connectivity index (χ2n) is 7.76. The van der Waals surface area contributed by atoms with Crippen molar-refractivity contribution in [2.75, 3.05) is 13.2 Å². The molecule has 1 aliphatic carbocycles. The number of Topliss-reactive ketones (excluding diaryl/α,β-unsaturated/α-hetero) is 1. The fourth-order valence-corrected chi connectivity index (χ4v) is 4.15. The van der Waals surface area contributed by atoms with Crippen LogP contribution in [0.2, 0.25) is 0 Å². The fraction of sp³-hybridized carbons (Fsp3) is 0.500. The van der Waals surface area contributed by atoms with E-state index < -0.39 is 42.2 Å². The summed E-state index contributed by atoms with van der Waals surface area (Å²) in [6.45, 7) is 6.01. The second-order valence-corrected chi connectivity index (χ2v) is 7.76. The van der Waals surface area contributed by atoms with Crippen molar-refractivity contribution < 1.29 is 33.4 Å². The molecule has 1 aliphatic heterocycles. The standard InChI is InChI=1S/C22H26N2O7/c1-5-30-22(29)17-11(2)18(23-12(17)3)19(26)13(4)31-16(25)10-24-20(27)14-8-6-7-9-15(14)21(24)28/h6-7,13-15,23H,5,8-10H2,1-4H3/t13-,14-,15+/m1/s1. The summed E-state index contributed by atoms with van der Waals surface area (Å²) in [6.07, 6.45) is 3.50. The van der Waals surface area contributed by atoms with E-state index in [-0.39, 0.29) is 29.7 Å². The first kappa shape index (κ1) is 22.5. The van der Waals surface area contributed by atoms with Gasteiger partial charge in [-0.25, -0.2) is 4.79 Å². The van der Waals surface area contributed by atoms with E-state index in [2.05, 4.69) is 4.98 Å². The topological polar surface area (TPSA) is 123 Å². The Balaban J connectivity index is 1.66. The number of H-pyrrole nitrogens is 1. The number of ether oxygens (including phenoxy) is 2. The number of rotatable bonds is 7. The number of ketones is 1. The Bertz CT molecular complexity index is 949. The van der Waals surface area contributed by atoms with Crippen LogP contribution in [-0.2, 0) is 23.9 Å². The molecule has 1 N–H and O–H groups in total. The largest absolute Gasteiger partial charge is 0.462 e. The number of hydrogen-bond donors (Lipinski definition) is 1. The van der Waals surface area contributed by atoms with Gasteiger partial charge in [0.1, 0.15) is 6.54 Å². The number of carbonyl (C=O) groups is 5. The molecule has 0 spiro atoms. The van der Waals surface area contributed by atoms with Crippen molar-refractivity contribution in [1.82, 2.24) is 9.88 Å². The van der Waals surface area contributed by atoms with Crippen LogP contribution in [0.25, 0.3) is 0 Å². The van der Waals surface area contributed by atoms with E-state index >= 15 is 0 Å². The van der Waals surface area contributed by atoms with Crippen molar-refractivity contribution in [2.24, 2.45) is 11.8 Å². The first-order chi connectivity index (χ1) is 14.7. The van der Waals surface area contributed by atoms with E-state index in [9.17, 15) is 24.0 Å². The molecule has 166 valence electrons. The monoisotopic (exact) mass is 430 g/mol. The summed E-state index contributed by atoms with van der Waals surface area (Å²) in [5, 5.41) is 0. The zero-order chi connectivity index (χ0) is 22.9. The molecule has 9 heteroatoms. The van der Waals surface area contributed by atoms with Gasteiger partial charge in [0.25, 0.3) is 0 Å². The number of amides is 2. The molecule has 0 saturated carbocycles. The van der Waals surface area contributed by atoms with E-state index in [1.54, 1.807) is 20.8 Å². The third-order valence-electron chi connectivity index (χ3n) is 5.73. The van der Waals surface area contributed by atoms with Crippen LogP contribution in [0.4, 0.5) is 0 Å². The minimum atomic E-state index is -1.17. The maximum atomic E-state index is 12.8. The number of nitrogens with zero attached hydrogens (tertiary/aromatic N) is 1. The lowest BCUT2D eigenvalue weighted by molar-refractivity contribution is -0.154. The van der Waals surface area contributed by atoms with Gasteiger partial charge in [-0.3, -0.25) is 24.1 Å². The minimum absolute atomic E-state index is 0.145. The molecule has 31 heavy (non-hydrogen) atoms. The zero-order valence-electron chi connectivity index (χ0n) is 18.0. The number of nitrogens with one attached hydrogen (secondary N) is 1. The lowest BCUT2D eigenvalue weighted by Gasteiger charge is -2.16. The van der Waals surface area contributed by atoms with Gasteiger partial charge in [-0.2, -0.15) is 0 Å². The smallest absolute Gasteiger partial charge is 0.340 e. The highest BCUT2D eigenvalue weighted by atomic mass is 16.5. The van der Waals surface area contributed by atoms with E-state index in [1.165, 1.54) is 6.92 Å². The number of aryl methyl sites for hydroxylation is 1. The number of aromatic nitrogens is 1. The van der Waals surface area contributed by atoms with Crippen molar-refractivity contribution in [1.29, 1.82) is 0 Å². The van der Waals surface area contributed by atoms with Crippen LogP contribution < -0.4 is 0 Å². The Kier molecular flexibility index (Phi) is 6.42. The van der Waals surface area contributed by atoms with Crippen LogP contribution in [0, 0.1) is 25.7 Å². The van der Waals surface area contributed by atoms with Gasteiger partial charge in [0.15, 0.2) is 6.10 Å². The molecular weight excluding hydrogens is 404 g/mol. The number of likely N-dealkylation sites (tertiary alicyclic amines) is 1. The first-order valence-electron chi connectivity index (χ1n) is 10.3. The van der Waals surface area contributed by atoms with E-state index in [0.717, 1.165) is 4.90 Å². The van der Waals surface area contributed by atoms with Crippen molar-refractivity contribution >= 4 is 29.5 Å². The van der Waals surface area contributed by atoms with Gasteiger partial charge in [-0.1, -0.05) is 12.2 Å². The third kappa shape index (κ3) is 4.17. The summed E-state index contributed by atoms with van der Waals surface area (Å²) in [4.78, 5) is 66.0. The summed E-state index contributed by atoms with van der Waals surface area (Å²) >= 11 is 0. The molecule has 2 amide bonds. The van der Waals surface area contributed by atoms with Gasteiger partial charge in [0.05, 0.1) is 29.7 Å². The lowest BCUT2D eigenvalue weighted by atomic mass is 9.85. The van der Waals surface area contributed by atoms with Crippen LogP contribution in [-0.4, -0.2) is 58.7 Å². The highest BCUT2D eigenvalue weighted by molar-refractivity contribution is 6.08. The number of fused-ring (bicyclic) bond motifs is 1. The Morgan fingerprint density at radius 2 is 1.71 bits per heavy atom. The van der Waals surface area contributed by atoms with Crippen LogP contribution >= 0.6 is 0 Å². The summed E-state index contributed by atoms with van der Waals surface area (Å²) in [7, 11) is 0. The summed E-state index contributed by atoms with van der Waals surface area (Å²) in [5.74, 6) is -3.55. The Labute approximate surface area is 179 Å². The molecule has 3 atom stereocenters. The number of aromatic amines is 1. The van der Waals surface area contributed by atoms with Crippen molar-refractivity contribution in [3.63, 3.8) is 0 Å². The van der Waals surface area contributed by atoms with Crippen molar-refractivity contribution in [2.45, 2.75) is 46.6 Å². The maximum Gasteiger partial charge on any atom is 0.340 e. The van der Waals surface area contributed by atoms with E-state index in [0.29, 0.717) is 24.1 Å². The first-order valence-corrected chi connectivity index (χ1v) is 10.3. The van der Waals surface area contributed by atoms with Crippen LogP contribution in [0.5, 0.6) is 0 Å². The van der Waals surface area contributed by atoms with E-state index in [1.807, 2.05) is 12.2 Å². The SMILES string of the molecule is CCOC(=O)c1c(C)[nH]c(C(=O)[C@@H](C)OC(=O)CN2C(=O)[C@H]3CC=CC[C@H]3C2=O)c1C. The molecule has 2 heterocycles. The number of carbonyl (C=O) groups excluding carboxylic acids is 5. The van der Waals surface area contributed by atoms with Crippen LogP contribution in [0.1, 0.15) is 58.8 Å². The predicted molar refractivity (Wildman–Crippen MR) is 108 cm³/mol. The molecule has 0 radical (unpaired) electrons. The molecule has 0 bridgehead atoms. The number of imide groups is 1. The molecule has 0 unspecified atom stereocenters. The molecule has 3 rings (SSSR count). The Morgan fingerprint density at radius 3 is 2.26 bits per heavy atom. The van der Waals surface area contributed by atoms with Gasteiger partial charge in [0, 0.05) is 5.69 Å². The fourth-order valence-electron chi connectivity index (χ4n) is 4.15. The lowest BCUT2D eigenvalue weighted by Crippen LogP contribution is -2.38. The molecular formula is C22H26N2O7. The van der Waals surface area contributed by atoms with Gasteiger partial charge >= 0.3 is 11.9 Å². The molecule has 2 aliphatic rings. The number of esters is 2. The molecule has 9 nitrogen and oxygen atoms in total. The van der Waals surface area contributed by atoms with Gasteiger partial charge in [0.2, 0.25) is 17.6 Å². The van der Waals surface area contributed by atoms with Crippen LogP contribution in [0.15, 0.2) is 12.2 Å². The summed E-state index contributed by atoms with van der Waals surface area (Å²) in [5.41, 5.74) is 1.30. The summed E-state index contributed by atoms with van der Waals surface area (Å²) < 4.78 is 10.2.